The summed E-state index contributed by atoms with van der Waals surface area (Å²) in [6, 6.07) is 19.8. The molecule has 7 heteroatoms. The molecule has 0 saturated carbocycles. The van der Waals surface area contributed by atoms with E-state index in [4.69, 9.17) is 4.42 Å². The molecule has 2 aromatic heterocycles. The van der Waals surface area contributed by atoms with Gasteiger partial charge in [0, 0.05) is 29.7 Å². The quantitative estimate of drug-likeness (QED) is 0.508. The molecule has 1 aliphatic heterocycles. The van der Waals surface area contributed by atoms with Crippen molar-refractivity contribution in [3.05, 3.63) is 82.7 Å². The third kappa shape index (κ3) is 3.90. The summed E-state index contributed by atoms with van der Waals surface area (Å²) in [5.41, 5.74) is 1.97. The number of rotatable bonds is 4. The topological polar surface area (TPSA) is 88.3 Å². The van der Waals surface area contributed by atoms with Crippen LogP contribution in [-0.4, -0.2) is 29.2 Å². The van der Waals surface area contributed by atoms with Gasteiger partial charge in [-0.3, -0.25) is 4.79 Å². The normalized spacial score (nSPS) is 13.5. The Balaban J connectivity index is 1.32. The number of carbonyl (C=O) groups is 1. The van der Waals surface area contributed by atoms with Crippen molar-refractivity contribution in [1.29, 1.82) is 0 Å². The van der Waals surface area contributed by atoms with Gasteiger partial charge in [0.15, 0.2) is 5.82 Å². The maximum absolute atomic E-state index is 12.6. The van der Waals surface area contributed by atoms with Crippen LogP contribution in [0.3, 0.4) is 0 Å². The highest BCUT2D eigenvalue weighted by Gasteiger charge is 2.15. The van der Waals surface area contributed by atoms with Crippen LogP contribution in [-0.2, 0) is 0 Å². The molecular formula is C24H20N4O3. The first-order chi connectivity index (χ1) is 15.2. The summed E-state index contributed by atoms with van der Waals surface area (Å²) in [6.07, 6.45) is 2.38. The van der Waals surface area contributed by atoms with Crippen molar-refractivity contribution in [2.45, 2.75) is 12.8 Å². The number of nitrogens with one attached hydrogen (secondary N) is 1. The predicted octanol–water partition coefficient (Wildman–Crippen LogP) is 4.10. The molecule has 1 fully saturated rings. The van der Waals surface area contributed by atoms with Crippen LogP contribution in [0.2, 0.25) is 0 Å². The van der Waals surface area contributed by atoms with Crippen LogP contribution in [0.4, 0.5) is 11.5 Å². The van der Waals surface area contributed by atoms with Gasteiger partial charge in [0.05, 0.1) is 5.69 Å². The van der Waals surface area contributed by atoms with Crippen LogP contribution in [0.25, 0.3) is 22.2 Å². The van der Waals surface area contributed by atoms with E-state index < -0.39 is 11.5 Å². The van der Waals surface area contributed by atoms with Gasteiger partial charge in [0.1, 0.15) is 11.1 Å². The molecule has 7 nitrogen and oxygen atoms in total. The Bertz CT molecular complexity index is 1290. The smallest absolute Gasteiger partial charge is 0.349 e. The van der Waals surface area contributed by atoms with Gasteiger partial charge < -0.3 is 14.6 Å². The van der Waals surface area contributed by atoms with Crippen molar-refractivity contribution in [3.63, 3.8) is 0 Å². The highest BCUT2D eigenvalue weighted by atomic mass is 16.4. The maximum atomic E-state index is 12.6. The van der Waals surface area contributed by atoms with Gasteiger partial charge in [0.25, 0.3) is 5.91 Å². The minimum Gasteiger partial charge on any atom is -0.422 e. The first-order valence-corrected chi connectivity index (χ1v) is 10.2. The fourth-order valence-electron chi connectivity index (χ4n) is 3.74. The summed E-state index contributed by atoms with van der Waals surface area (Å²) >= 11 is 0. The van der Waals surface area contributed by atoms with Crippen LogP contribution in [0, 0.1) is 0 Å². The first kappa shape index (κ1) is 19.0. The van der Waals surface area contributed by atoms with Crippen LogP contribution in [0.5, 0.6) is 0 Å². The van der Waals surface area contributed by atoms with E-state index in [2.05, 4.69) is 20.4 Å². The molecule has 5 rings (SSSR count). The average Bonchev–Trinajstić information content (AvgIpc) is 3.34. The molecule has 1 aliphatic rings. The van der Waals surface area contributed by atoms with E-state index in [1.807, 2.05) is 30.3 Å². The van der Waals surface area contributed by atoms with Crippen LogP contribution < -0.4 is 15.8 Å². The molecule has 3 heterocycles. The number of nitrogens with zero attached hydrogens (tertiary/aromatic N) is 3. The number of amides is 1. The Morgan fingerprint density at radius 2 is 1.71 bits per heavy atom. The molecule has 0 atom stereocenters. The molecule has 1 saturated heterocycles. The molecule has 0 spiro atoms. The van der Waals surface area contributed by atoms with Crippen molar-refractivity contribution in [2.24, 2.45) is 0 Å². The SMILES string of the molecule is O=C(Nc1ccc(-c2ccc(N3CCCC3)nn2)cc1)c1cc2ccccc2oc1=O. The molecule has 154 valence electrons. The molecule has 1 N–H and O–H groups in total. The van der Waals surface area contributed by atoms with E-state index in [1.54, 1.807) is 36.4 Å². The van der Waals surface area contributed by atoms with Crippen molar-refractivity contribution in [2.75, 3.05) is 23.3 Å². The lowest BCUT2D eigenvalue weighted by Crippen LogP contribution is -2.20. The number of fused-ring (bicyclic) bond motifs is 1. The van der Waals surface area contributed by atoms with Gasteiger partial charge in [-0.25, -0.2) is 4.79 Å². The van der Waals surface area contributed by atoms with Gasteiger partial charge in [-0.05, 0) is 49.2 Å². The Labute approximate surface area is 178 Å². The van der Waals surface area contributed by atoms with E-state index in [9.17, 15) is 9.59 Å². The zero-order valence-corrected chi connectivity index (χ0v) is 16.7. The number of hydrogen-bond acceptors (Lipinski definition) is 6. The number of para-hydroxylation sites is 1. The van der Waals surface area contributed by atoms with Crippen molar-refractivity contribution in [3.8, 4) is 11.3 Å². The van der Waals surface area contributed by atoms with E-state index in [1.165, 1.54) is 12.8 Å². The van der Waals surface area contributed by atoms with Gasteiger partial charge in [-0.1, -0.05) is 30.3 Å². The second-order valence-electron chi connectivity index (χ2n) is 7.49. The Morgan fingerprint density at radius 1 is 0.935 bits per heavy atom. The molecule has 0 aliphatic carbocycles. The summed E-state index contributed by atoms with van der Waals surface area (Å²) in [6.45, 7) is 2.05. The monoisotopic (exact) mass is 412 g/mol. The second kappa shape index (κ2) is 8.02. The average molecular weight is 412 g/mol. The van der Waals surface area contributed by atoms with Gasteiger partial charge >= 0.3 is 5.63 Å². The standard InChI is InChI=1S/C24H20N4O3/c29-23(19-15-17-5-1-2-6-21(17)31-24(19)30)25-18-9-7-16(8-10-18)20-11-12-22(27-26-20)28-13-3-4-14-28/h1-2,5-12,15H,3-4,13-14H2,(H,25,29). The number of benzene rings is 2. The van der Waals surface area contributed by atoms with E-state index >= 15 is 0 Å². The molecule has 4 aromatic rings. The second-order valence-corrected chi connectivity index (χ2v) is 7.49. The van der Waals surface area contributed by atoms with Gasteiger partial charge in [0.2, 0.25) is 0 Å². The molecular weight excluding hydrogens is 392 g/mol. The minimum absolute atomic E-state index is 0.0360. The molecule has 31 heavy (non-hydrogen) atoms. The number of carbonyl (C=O) groups excluding carboxylic acids is 1. The van der Waals surface area contributed by atoms with Crippen LogP contribution in [0.15, 0.2) is 75.9 Å². The summed E-state index contributed by atoms with van der Waals surface area (Å²) in [5, 5.41) is 12.1. The summed E-state index contributed by atoms with van der Waals surface area (Å²) in [4.78, 5) is 27.0. The molecule has 1 amide bonds. The lowest BCUT2D eigenvalue weighted by Gasteiger charge is -2.15. The van der Waals surface area contributed by atoms with Crippen LogP contribution in [0.1, 0.15) is 23.2 Å². The summed E-state index contributed by atoms with van der Waals surface area (Å²) < 4.78 is 5.24. The maximum Gasteiger partial charge on any atom is 0.349 e. The van der Waals surface area contributed by atoms with E-state index in [-0.39, 0.29) is 5.56 Å². The zero-order valence-electron chi connectivity index (χ0n) is 16.7. The zero-order chi connectivity index (χ0) is 21.2. The summed E-state index contributed by atoms with van der Waals surface area (Å²) in [5.74, 6) is 0.390. The lowest BCUT2D eigenvalue weighted by atomic mass is 10.1. The Kier molecular flexibility index (Phi) is 4.92. The first-order valence-electron chi connectivity index (χ1n) is 10.2. The van der Waals surface area contributed by atoms with Crippen molar-refractivity contribution < 1.29 is 9.21 Å². The third-order valence-electron chi connectivity index (χ3n) is 5.41. The highest BCUT2D eigenvalue weighted by Crippen LogP contribution is 2.23. The predicted molar refractivity (Wildman–Crippen MR) is 119 cm³/mol. The number of hydrogen-bond donors (Lipinski definition) is 1. The molecule has 0 unspecified atom stereocenters. The third-order valence-corrected chi connectivity index (χ3v) is 5.41. The van der Waals surface area contributed by atoms with Crippen LogP contribution >= 0.6 is 0 Å². The number of aromatic nitrogens is 2. The Morgan fingerprint density at radius 3 is 2.45 bits per heavy atom. The van der Waals surface area contributed by atoms with Gasteiger partial charge in [-0.2, -0.15) is 0 Å². The van der Waals surface area contributed by atoms with Crippen molar-refractivity contribution >= 4 is 28.4 Å². The molecule has 0 bridgehead atoms. The fourth-order valence-corrected chi connectivity index (χ4v) is 3.74. The lowest BCUT2D eigenvalue weighted by molar-refractivity contribution is 0.102. The molecule has 0 radical (unpaired) electrons. The van der Waals surface area contributed by atoms with E-state index in [0.717, 1.165) is 30.2 Å². The summed E-state index contributed by atoms with van der Waals surface area (Å²) in [7, 11) is 0. The van der Waals surface area contributed by atoms with Gasteiger partial charge in [-0.15, -0.1) is 10.2 Å². The Hall–Kier alpha value is -4.00. The fraction of sp³-hybridized carbons (Fsp3) is 0.167. The molecule has 2 aromatic carbocycles. The largest absolute Gasteiger partial charge is 0.422 e. The van der Waals surface area contributed by atoms with E-state index in [0.29, 0.717) is 16.7 Å². The highest BCUT2D eigenvalue weighted by molar-refractivity contribution is 6.05. The number of anilines is 2. The minimum atomic E-state index is -0.666. The van der Waals surface area contributed by atoms with Crippen molar-refractivity contribution in [1.82, 2.24) is 10.2 Å².